The van der Waals surface area contributed by atoms with Gasteiger partial charge < -0.3 is 30.4 Å². The van der Waals surface area contributed by atoms with Crippen molar-refractivity contribution in [2.45, 2.75) is 115 Å². The summed E-state index contributed by atoms with van der Waals surface area (Å²) in [6, 6.07) is 2.04. The van der Waals surface area contributed by atoms with Gasteiger partial charge in [-0.15, -0.1) is 0 Å². The van der Waals surface area contributed by atoms with E-state index in [1.807, 2.05) is 4.57 Å². The van der Waals surface area contributed by atoms with Gasteiger partial charge in [0.25, 0.3) is 17.4 Å². The molecule has 258 valence electrons. The Hall–Kier alpha value is -4.29. The van der Waals surface area contributed by atoms with Gasteiger partial charge in [-0.25, -0.2) is 4.98 Å². The summed E-state index contributed by atoms with van der Waals surface area (Å²) in [6.45, 7) is 4.02. The third kappa shape index (κ3) is 7.09. The number of likely N-dealkylation sites (N-methyl/N-ethyl adjacent to an activating group) is 1. The molecule has 5 aliphatic rings. The number of rotatable bonds is 14. The molecule has 3 atom stereocenters. The number of hydrogen-bond donors (Lipinski definition) is 4. The maximum absolute atomic E-state index is 13.5. The van der Waals surface area contributed by atoms with Crippen molar-refractivity contribution < 1.29 is 24.0 Å². The number of pyridine rings is 1. The van der Waals surface area contributed by atoms with Crippen LogP contribution in [0.1, 0.15) is 107 Å². The van der Waals surface area contributed by atoms with E-state index in [2.05, 4.69) is 33.2 Å². The number of amides is 4. The second-order valence-electron chi connectivity index (χ2n) is 14.6. The third-order valence-electron chi connectivity index (χ3n) is 11.1. The van der Waals surface area contributed by atoms with E-state index in [1.54, 1.807) is 25.5 Å². The van der Waals surface area contributed by atoms with Gasteiger partial charge in [-0.05, 0) is 101 Å². The Morgan fingerprint density at radius 1 is 1.06 bits per heavy atom. The summed E-state index contributed by atoms with van der Waals surface area (Å²) in [5, 5.41) is 11.0. The molecule has 0 aliphatic heterocycles. The van der Waals surface area contributed by atoms with Crippen molar-refractivity contribution in [3.63, 3.8) is 0 Å². The summed E-state index contributed by atoms with van der Waals surface area (Å²) in [4.78, 5) is 82.1. The predicted molar refractivity (Wildman–Crippen MR) is 177 cm³/mol. The van der Waals surface area contributed by atoms with Gasteiger partial charge in [-0.3, -0.25) is 28.8 Å². The van der Waals surface area contributed by atoms with Crippen LogP contribution in [0.15, 0.2) is 35.6 Å². The van der Waals surface area contributed by atoms with Gasteiger partial charge in [0.2, 0.25) is 17.6 Å². The normalized spacial score (nSPS) is 26.3. The van der Waals surface area contributed by atoms with Crippen molar-refractivity contribution in [2.24, 2.45) is 17.3 Å². The van der Waals surface area contributed by atoms with Crippen molar-refractivity contribution in [2.75, 3.05) is 11.9 Å². The minimum Gasteiger partial charge on any atom is -0.350 e. The lowest BCUT2D eigenvalue weighted by molar-refractivity contribution is -0.138. The molecule has 0 saturated heterocycles. The Labute approximate surface area is 280 Å². The average molecular weight is 662 g/mol. The fraction of sp³-hybridized carbons (Fsp3) is 0.629. The Balaban J connectivity index is 1.12. The molecule has 2 aromatic rings. The topological polar surface area (TPSA) is 173 Å². The molecular weight excluding hydrogens is 614 g/mol. The number of hydrogen-bond acceptors (Lipinski definition) is 7. The molecule has 0 aromatic carbocycles. The van der Waals surface area contributed by atoms with Crippen LogP contribution in [0.3, 0.4) is 0 Å². The van der Waals surface area contributed by atoms with E-state index < -0.39 is 35.1 Å². The van der Waals surface area contributed by atoms with Crippen LogP contribution in [0, 0.1) is 17.3 Å². The Kier molecular flexibility index (Phi) is 9.57. The zero-order valence-corrected chi connectivity index (χ0v) is 27.9. The van der Waals surface area contributed by atoms with Crippen LogP contribution in [0.2, 0.25) is 0 Å². The number of nitrogens with one attached hydrogen (secondary N) is 4. The molecule has 7 rings (SSSR count). The van der Waals surface area contributed by atoms with Crippen LogP contribution >= 0.6 is 0 Å². The maximum Gasteiger partial charge on any atom is 0.287 e. The molecule has 5 fully saturated rings. The number of carbonyl (C=O) groups is 5. The van der Waals surface area contributed by atoms with E-state index in [1.165, 1.54) is 36.1 Å². The first kappa shape index (κ1) is 33.6. The molecule has 13 nitrogen and oxygen atoms in total. The molecular formula is C35H47N7O6. The summed E-state index contributed by atoms with van der Waals surface area (Å²) in [7, 11) is 0. The highest BCUT2D eigenvalue weighted by molar-refractivity contribution is 6.36. The third-order valence-corrected chi connectivity index (χ3v) is 11.1. The van der Waals surface area contributed by atoms with E-state index in [-0.39, 0.29) is 54.8 Å². The molecule has 2 unspecified atom stereocenters. The number of carbonyl (C=O) groups excluding carboxylic acids is 5. The van der Waals surface area contributed by atoms with E-state index in [9.17, 15) is 28.8 Å². The quantitative estimate of drug-likeness (QED) is 0.225. The number of anilines is 1. The second kappa shape index (κ2) is 13.7. The van der Waals surface area contributed by atoms with Crippen LogP contribution in [0.5, 0.6) is 0 Å². The first-order valence-electron chi connectivity index (χ1n) is 17.5. The molecule has 5 saturated carbocycles. The number of aromatic nitrogens is 3. The minimum absolute atomic E-state index is 0.0707. The van der Waals surface area contributed by atoms with Crippen molar-refractivity contribution >= 4 is 35.1 Å². The zero-order valence-electron chi connectivity index (χ0n) is 27.9. The molecule has 2 heterocycles. The molecule has 4 amide bonds. The smallest absolute Gasteiger partial charge is 0.287 e. The Morgan fingerprint density at radius 3 is 2.48 bits per heavy atom. The lowest BCUT2D eigenvalue weighted by Crippen LogP contribution is -2.63. The van der Waals surface area contributed by atoms with E-state index in [0.717, 1.165) is 44.9 Å². The van der Waals surface area contributed by atoms with Crippen LogP contribution in [-0.2, 0) is 25.7 Å². The minimum atomic E-state index is -1.25. The fourth-order valence-corrected chi connectivity index (χ4v) is 8.97. The lowest BCUT2D eigenvalue weighted by Gasteiger charge is -2.62. The van der Waals surface area contributed by atoms with Crippen molar-refractivity contribution in [3.8, 4) is 0 Å². The highest BCUT2D eigenvalue weighted by Gasteiger charge is 2.57. The average Bonchev–Trinajstić information content (AvgIpc) is 3.48. The lowest BCUT2D eigenvalue weighted by atomic mass is 9.46. The van der Waals surface area contributed by atoms with Gasteiger partial charge in [-0.1, -0.05) is 13.3 Å². The van der Waals surface area contributed by atoms with Crippen LogP contribution in [0.25, 0.3) is 0 Å². The standard InChI is InChI=1S/C35H47N7O6/c1-3-34-14-22-13-23(15-34)17-35(16-22,20-34)40-29(44)19-41-12-6-9-26(33(41)48)39-30(45)25(10-11-28(43)32(47)36-4-2)38-31(46)27-18-42(21-37-27)24-7-5-8-24/h6,9,12,18,21-25H,3-5,7-8,10-11,13-17,19-20H2,1-2H3,(H,36,47)(H,38,46)(H,39,45)(H,40,44)/t22?,23?,25-,34?,35?/m0/s1. The summed E-state index contributed by atoms with van der Waals surface area (Å²) < 4.78 is 3.14. The fourth-order valence-electron chi connectivity index (χ4n) is 8.97. The molecule has 2 aromatic heterocycles. The van der Waals surface area contributed by atoms with Crippen LogP contribution in [0.4, 0.5) is 5.69 Å². The first-order valence-corrected chi connectivity index (χ1v) is 17.5. The summed E-state index contributed by atoms with van der Waals surface area (Å²) in [6.07, 6.45) is 15.1. The van der Waals surface area contributed by atoms with Gasteiger partial charge in [-0.2, -0.15) is 0 Å². The first-order chi connectivity index (χ1) is 23.0. The highest BCUT2D eigenvalue weighted by atomic mass is 16.2. The number of nitrogens with zero attached hydrogens (tertiary/aromatic N) is 3. The molecule has 4 N–H and O–H groups in total. The van der Waals surface area contributed by atoms with Crippen LogP contribution in [-0.4, -0.2) is 61.7 Å². The van der Waals surface area contributed by atoms with Gasteiger partial charge in [0.05, 0.1) is 6.33 Å². The number of Topliss-reactive ketones (excluding diaryl/α,β-unsaturated/α-hetero) is 1. The molecule has 4 bridgehead atoms. The van der Waals surface area contributed by atoms with Crippen molar-refractivity contribution in [1.29, 1.82) is 0 Å². The summed E-state index contributed by atoms with van der Waals surface area (Å²) in [5.74, 6) is -1.81. The van der Waals surface area contributed by atoms with E-state index in [0.29, 0.717) is 17.3 Å². The maximum atomic E-state index is 13.5. The van der Waals surface area contributed by atoms with Gasteiger partial charge >= 0.3 is 0 Å². The van der Waals surface area contributed by atoms with E-state index >= 15 is 0 Å². The second-order valence-corrected chi connectivity index (χ2v) is 14.6. The van der Waals surface area contributed by atoms with Gasteiger partial charge in [0.1, 0.15) is 24.0 Å². The Bertz CT molecular complexity index is 1630. The SMILES string of the molecule is CCNC(=O)C(=O)CC[C@H](NC(=O)c1cn(C2CCC2)cn1)C(=O)Nc1cccn(CC(=O)NC23CC4CC(CC(CC)(C4)C2)C3)c1=O. The van der Waals surface area contributed by atoms with Crippen LogP contribution < -0.4 is 26.8 Å². The molecule has 5 aliphatic carbocycles. The highest BCUT2D eigenvalue weighted by Crippen LogP contribution is 2.62. The molecule has 48 heavy (non-hydrogen) atoms. The molecule has 0 spiro atoms. The Morgan fingerprint density at radius 2 is 1.81 bits per heavy atom. The number of ketones is 1. The predicted octanol–water partition coefficient (Wildman–Crippen LogP) is 2.86. The van der Waals surface area contributed by atoms with E-state index in [4.69, 9.17) is 0 Å². The monoisotopic (exact) mass is 661 g/mol. The van der Waals surface area contributed by atoms with Crippen molar-refractivity contribution in [3.05, 3.63) is 46.9 Å². The molecule has 0 radical (unpaired) electrons. The zero-order chi connectivity index (χ0) is 34.1. The molecule has 13 heteroatoms. The summed E-state index contributed by atoms with van der Waals surface area (Å²) >= 11 is 0. The van der Waals surface area contributed by atoms with Crippen molar-refractivity contribution in [1.82, 2.24) is 30.1 Å². The number of imidazole rings is 1. The van der Waals surface area contributed by atoms with Gasteiger partial charge in [0.15, 0.2) is 0 Å². The largest absolute Gasteiger partial charge is 0.350 e. The summed E-state index contributed by atoms with van der Waals surface area (Å²) in [5.41, 5.74) is -0.452. The van der Waals surface area contributed by atoms with Gasteiger partial charge in [0, 0.05) is 36.9 Å².